The average molecular weight is 597 g/mol. The SMILES string of the molecule is O=C(NCc1cnc(Cl)s1)N1CC2(CCN(C/C=C/c3ccc(Cl)cc3)CC2)c2c(OC(F)(F)F)cccc21. The average Bonchev–Trinajstić information content (AvgIpc) is 3.46. The fourth-order valence-electron chi connectivity index (χ4n) is 5.24. The van der Waals surface area contributed by atoms with Gasteiger partial charge in [0.05, 0.1) is 12.2 Å². The number of rotatable bonds is 6. The number of alkyl halides is 3. The molecule has 0 radical (unpaired) electrons. The summed E-state index contributed by atoms with van der Waals surface area (Å²) in [4.78, 5) is 21.8. The number of nitrogens with zero attached hydrogens (tertiary/aromatic N) is 3. The Balaban J connectivity index is 1.33. The number of hydrogen-bond donors (Lipinski definition) is 1. The second kappa shape index (κ2) is 11.4. The minimum Gasteiger partial charge on any atom is -0.405 e. The number of ether oxygens (including phenoxy) is 1. The van der Waals surface area contributed by atoms with Crippen LogP contribution >= 0.6 is 34.5 Å². The number of amides is 2. The molecule has 0 aliphatic carbocycles. The third-order valence-corrected chi connectivity index (χ3v) is 8.42. The van der Waals surface area contributed by atoms with Gasteiger partial charge in [-0.1, -0.05) is 53.6 Å². The minimum atomic E-state index is -4.84. The predicted molar refractivity (Wildman–Crippen MR) is 148 cm³/mol. The van der Waals surface area contributed by atoms with Gasteiger partial charge in [-0.3, -0.25) is 9.80 Å². The van der Waals surface area contributed by atoms with Gasteiger partial charge in [0.15, 0.2) is 4.47 Å². The molecule has 1 N–H and O–H groups in total. The summed E-state index contributed by atoms with van der Waals surface area (Å²) >= 11 is 13.1. The lowest BCUT2D eigenvalue weighted by Crippen LogP contribution is -2.47. The van der Waals surface area contributed by atoms with Gasteiger partial charge in [-0.25, -0.2) is 9.78 Å². The van der Waals surface area contributed by atoms with Crippen molar-refractivity contribution in [3.05, 3.63) is 80.2 Å². The van der Waals surface area contributed by atoms with Crippen LogP contribution in [0.4, 0.5) is 23.7 Å². The molecule has 1 spiro atoms. The Morgan fingerprint density at radius 1 is 1.15 bits per heavy atom. The molecule has 206 valence electrons. The first-order chi connectivity index (χ1) is 18.6. The number of likely N-dealkylation sites (tertiary alicyclic amines) is 1. The summed E-state index contributed by atoms with van der Waals surface area (Å²) in [6, 6.07) is 11.6. The molecule has 1 fully saturated rings. The summed E-state index contributed by atoms with van der Waals surface area (Å²) in [7, 11) is 0. The number of piperidine rings is 1. The molecule has 12 heteroatoms. The van der Waals surface area contributed by atoms with Crippen molar-refractivity contribution < 1.29 is 22.7 Å². The van der Waals surface area contributed by atoms with E-state index in [1.165, 1.54) is 28.4 Å². The molecule has 3 aromatic rings. The number of nitrogens with one attached hydrogen (secondary N) is 1. The van der Waals surface area contributed by atoms with Gasteiger partial charge >= 0.3 is 12.4 Å². The first-order valence-electron chi connectivity index (χ1n) is 12.3. The van der Waals surface area contributed by atoms with Gasteiger partial charge < -0.3 is 10.1 Å². The highest BCUT2D eigenvalue weighted by atomic mass is 35.5. The molecule has 2 amide bonds. The summed E-state index contributed by atoms with van der Waals surface area (Å²) in [6.45, 7) is 2.52. The number of carbonyl (C=O) groups is 1. The Labute approximate surface area is 238 Å². The van der Waals surface area contributed by atoms with Crippen LogP contribution in [0.1, 0.15) is 28.8 Å². The van der Waals surface area contributed by atoms with Crippen LogP contribution in [0.3, 0.4) is 0 Å². The smallest absolute Gasteiger partial charge is 0.405 e. The molecule has 6 nitrogen and oxygen atoms in total. The monoisotopic (exact) mass is 596 g/mol. The van der Waals surface area contributed by atoms with E-state index in [1.807, 2.05) is 30.3 Å². The van der Waals surface area contributed by atoms with Crippen molar-refractivity contribution >= 4 is 52.3 Å². The number of aromatic nitrogens is 1. The summed E-state index contributed by atoms with van der Waals surface area (Å²) < 4.78 is 44.9. The maximum absolute atomic E-state index is 13.3. The van der Waals surface area contributed by atoms with Crippen molar-refractivity contribution in [3.8, 4) is 5.75 Å². The Kier molecular flexibility index (Phi) is 8.09. The fraction of sp³-hybridized carbons (Fsp3) is 0.333. The second-order valence-electron chi connectivity index (χ2n) is 9.56. The molecule has 2 aromatic carbocycles. The van der Waals surface area contributed by atoms with E-state index in [1.54, 1.807) is 12.3 Å². The van der Waals surface area contributed by atoms with Crippen molar-refractivity contribution in [1.29, 1.82) is 0 Å². The normalized spacial score (nSPS) is 17.1. The molecule has 1 saturated heterocycles. The molecular weight excluding hydrogens is 572 g/mol. The van der Waals surface area contributed by atoms with Crippen LogP contribution in [0.15, 0.2) is 54.7 Å². The second-order valence-corrected chi connectivity index (χ2v) is 11.7. The number of halogens is 5. The van der Waals surface area contributed by atoms with Gasteiger partial charge in [0.1, 0.15) is 5.75 Å². The lowest BCUT2D eigenvalue weighted by atomic mass is 9.74. The zero-order chi connectivity index (χ0) is 27.6. The van der Waals surface area contributed by atoms with Crippen molar-refractivity contribution in [2.75, 3.05) is 31.1 Å². The highest BCUT2D eigenvalue weighted by Crippen LogP contribution is 2.52. The minimum absolute atomic E-state index is 0.217. The third-order valence-electron chi connectivity index (χ3n) is 7.05. The summed E-state index contributed by atoms with van der Waals surface area (Å²) in [5.41, 5.74) is 1.26. The zero-order valence-electron chi connectivity index (χ0n) is 20.7. The largest absolute Gasteiger partial charge is 0.573 e. The number of thiazole rings is 1. The topological polar surface area (TPSA) is 57.7 Å². The van der Waals surface area contributed by atoms with E-state index in [2.05, 4.69) is 26.0 Å². The lowest BCUT2D eigenvalue weighted by Gasteiger charge is -2.40. The van der Waals surface area contributed by atoms with Crippen LogP contribution in [0.2, 0.25) is 9.49 Å². The van der Waals surface area contributed by atoms with E-state index >= 15 is 0 Å². The number of carbonyl (C=O) groups excluding carboxylic acids is 1. The molecule has 0 bridgehead atoms. The highest BCUT2D eigenvalue weighted by Gasteiger charge is 2.49. The van der Waals surface area contributed by atoms with Crippen LogP contribution in [0.25, 0.3) is 6.08 Å². The summed E-state index contributed by atoms with van der Waals surface area (Å²) in [5, 5.41) is 3.52. The summed E-state index contributed by atoms with van der Waals surface area (Å²) in [6.07, 6.45) is 1.99. The van der Waals surface area contributed by atoms with Crippen molar-refractivity contribution in [1.82, 2.24) is 15.2 Å². The fourth-order valence-corrected chi connectivity index (χ4v) is 6.29. The first kappa shape index (κ1) is 27.8. The number of anilines is 1. The van der Waals surface area contributed by atoms with Crippen LogP contribution < -0.4 is 15.0 Å². The molecule has 0 unspecified atom stereocenters. The molecule has 39 heavy (non-hydrogen) atoms. The van der Waals surface area contributed by atoms with Gasteiger partial charge in [0.2, 0.25) is 0 Å². The van der Waals surface area contributed by atoms with E-state index in [0.717, 1.165) is 10.4 Å². The van der Waals surface area contributed by atoms with Gasteiger partial charge in [-0.15, -0.1) is 24.5 Å². The van der Waals surface area contributed by atoms with Crippen LogP contribution in [-0.2, 0) is 12.0 Å². The number of urea groups is 1. The number of benzene rings is 2. The van der Waals surface area contributed by atoms with E-state index in [4.69, 9.17) is 23.2 Å². The van der Waals surface area contributed by atoms with Crippen molar-refractivity contribution in [2.45, 2.75) is 31.2 Å². The van der Waals surface area contributed by atoms with Crippen LogP contribution in [0.5, 0.6) is 5.75 Å². The molecule has 2 aliphatic rings. The molecule has 5 rings (SSSR count). The molecule has 2 aliphatic heterocycles. The van der Waals surface area contributed by atoms with Gasteiger partial charge in [0.25, 0.3) is 0 Å². The molecular formula is C27H25Cl2F3N4O2S. The Bertz CT molecular complexity index is 1360. The molecule has 1 aromatic heterocycles. The standard InChI is InChI=1S/C27H25Cl2F3N4O2S/c28-19-8-6-18(7-9-19)3-2-12-35-13-10-26(11-14-35)17-36(25(37)34-16-20-15-33-24(29)39-20)21-4-1-5-22(23(21)26)38-27(30,31)32/h1-9,15H,10-14,16-17H2,(H,34,37)/b3-2+. The Morgan fingerprint density at radius 2 is 1.90 bits per heavy atom. The zero-order valence-corrected chi connectivity index (χ0v) is 23.0. The highest BCUT2D eigenvalue weighted by molar-refractivity contribution is 7.15. The predicted octanol–water partition coefficient (Wildman–Crippen LogP) is 7.13. The quantitative estimate of drug-likeness (QED) is 0.329. The van der Waals surface area contributed by atoms with Gasteiger partial charge in [-0.05, 0) is 55.8 Å². The van der Waals surface area contributed by atoms with Gasteiger partial charge in [0, 0.05) is 40.2 Å². The van der Waals surface area contributed by atoms with Crippen molar-refractivity contribution in [2.24, 2.45) is 0 Å². The van der Waals surface area contributed by atoms with E-state index in [0.29, 0.717) is 53.2 Å². The van der Waals surface area contributed by atoms with E-state index < -0.39 is 17.8 Å². The maximum atomic E-state index is 13.3. The lowest BCUT2D eigenvalue weighted by molar-refractivity contribution is -0.275. The van der Waals surface area contributed by atoms with E-state index in [-0.39, 0.29) is 18.8 Å². The van der Waals surface area contributed by atoms with Crippen molar-refractivity contribution in [3.63, 3.8) is 0 Å². The van der Waals surface area contributed by atoms with Gasteiger partial charge in [-0.2, -0.15) is 0 Å². The molecule has 0 saturated carbocycles. The Morgan fingerprint density at radius 3 is 2.56 bits per heavy atom. The number of fused-ring (bicyclic) bond motifs is 2. The summed E-state index contributed by atoms with van der Waals surface area (Å²) in [5.74, 6) is -0.249. The Hall–Kier alpha value is -2.79. The molecule has 3 heterocycles. The first-order valence-corrected chi connectivity index (χ1v) is 13.9. The third kappa shape index (κ3) is 6.51. The number of hydrogen-bond acceptors (Lipinski definition) is 5. The van der Waals surface area contributed by atoms with Crippen LogP contribution in [0, 0.1) is 0 Å². The van der Waals surface area contributed by atoms with E-state index in [9.17, 15) is 18.0 Å². The molecule has 0 atom stereocenters. The maximum Gasteiger partial charge on any atom is 0.573 e. The van der Waals surface area contributed by atoms with Crippen LogP contribution in [-0.4, -0.2) is 48.5 Å².